The van der Waals surface area contributed by atoms with Crippen LogP contribution in [0.1, 0.15) is 17.2 Å². The van der Waals surface area contributed by atoms with Crippen LogP contribution in [0.25, 0.3) is 0 Å². The van der Waals surface area contributed by atoms with Crippen LogP contribution in [0.4, 0.5) is 0 Å². The molecule has 0 saturated carbocycles. The Morgan fingerprint density at radius 2 is 2.05 bits per heavy atom. The van der Waals surface area contributed by atoms with E-state index in [9.17, 15) is 5.11 Å². The lowest BCUT2D eigenvalue weighted by molar-refractivity contribution is 0.177. The number of halogens is 2. The summed E-state index contributed by atoms with van der Waals surface area (Å²) in [5, 5.41) is 10.9. The van der Waals surface area contributed by atoms with E-state index < -0.39 is 6.10 Å². The second kappa shape index (κ2) is 6.42. The molecule has 4 heteroatoms. The molecule has 2 rings (SSSR count). The quantitative estimate of drug-likeness (QED) is 0.894. The number of aliphatic hydroxyl groups excluding tert-OH is 1. The van der Waals surface area contributed by atoms with Crippen molar-refractivity contribution in [1.82, 2.24) is 0 Å². The van der Waals surface area contributed by atoms with E-state index in [0.717, 1.165) is 21.3 Å². The summed E-state index contributed by atoms with van der Waals surface area (Å²) in [6.07, 6.45) is -0.134. The Bertz CT molecular complexity index is 572. The first-order chi connectivity index (χ1) is 9.10. The Kier molecular flexibility index (Phi) is 4.86. The van der Waals surface area contributed by atoms with Gasteiger partial charge in [-0.3, -0.25) is 0 Å². The number of hydrogen-bond acceptors (Lipinski definition) is 2. The predicted molar refractivity (Wildman–Crippen MR) is 80.8 cm³/mol. The van der Waals surface area contributed by atoms with Crippen LogP contribution in [0, 0.1) is 0 Å². The van der Waals surface area contributed by atoms with Gasteiger partial charge in [-0.25, -0.2) is 0 Å². The average molecular weight is 342 g/mol. The molecular formula is C15H14BrClO2. The SMILES string of the molecule is COc1ccc(Br)cc1CC(O)c1cccc(Cl)c1. The van der Waals surface area contributed by atoms with E-state index in [1.807, 2.05) is 30.3 Å². The Morgan fingerprint density at radius 1 is 1.26 bits per heavy atom. The van der Waals surface area contributed by atoms with Crippen LogP contribution >= 0.6 is 27.5 Å². The van der Waals surface area contributed by atoms with Gasteiger partial charge < -0.3 is 9.84 Å². The molecule has 2 aromatic carbocycles. The van der Waals surface area contributed by atoms with E-state index in [-0.39, 0.29) is 0 Å². The van der Waals surface area contributed by atoms with E-state index >= 15 is 0 Å². The molecule has 1 atom stereocenters. The molecule has 100 valence electrons. The van der Waals surface area contributed by atoms with Gasteiger partial charge >= 0.3 is 0 Å². The fourth-order valence-corrected chi connectivity index (χ4v) is 2.55. The molecule has 1 N–H and O–H groups in total. The molecule has 2 nitrogen and oxygen atoms in total. The fourth-order valence-electron chi connectivity index (χ4n) is 1.95. The topological polar surface area (TPSA) is 29.5 Å². The zero-order valence-electron chi connectivity index (χ0n) is 10.4. The summed E-state index contributed by atoms with van der Waals surface area (Å²) in [7, 11) is 1.62. The molecular weight excluding hydrogens is 328 g/mol. The predicted octanol–water partition coefficient (Wildman–Crippen LogP) is 4.39. The molecule has 0 amide bonds. The van der Waals surface area contributed by atoms with Crippen molar-refractivity contribution in [3.8, 4) is 5.75 Å². The Balaban J connectivity index is 2.23. The van der Waals surface area contributed by atoms with Gasteiger partial charge in [0, 0.05) is 15.9 Å². The van der Waals surface area contributed by atoms with E-state index in [2.05, 4.69) is 15.9 Å². The summed E-state index contributed by atoms with van der Waals surface area (Å²) in [6.45, 7) is 0. The second-order valence-electron chi connectivity index (χ2n) is 4.23. The molecule has 1 unspecified atom stereocenters. The van der Waals surface area contributed by atoms with Gasteiger partial charge in [0.25, 0.3) is 0 Å². The van der Waals surface area contributed by atoms with Crippen LogP contribution in [0.5, 0.6) is 5.75 Å². The standard InChI is InChI=1S/C15H14BrClO2/c1-19-15-6-5-12(16)7-11(15)9-14(18)10-3-2-4-13(17)8-10/h2-8,14,18H,9H2,1H3. The molecule has 19 heavy (non-hydrogen) atoms. The minimum atomic E-state index is -0.609. The fraction of sp³-hybridized carbons (Fsp3) is 0.200. The maximum atomic E-state index is 10.3. The molecule has 0 aliphatic heterocycles. The number of rotatable bonds is 4. The molecule has 0 saturated heterocycles. The van der Waals surface area contributed by atoms with Crippen molar-refractivity contribution in [2.24, 2.45) is 0 Å². The molecule has 0 radical (unpaired) electrons. The smallest absolute Gasteiger partial charge is 0.122 e. The van der Waals surface area contributed by atoms with Crippen LogP contribution < -0.4 is 4.74 Å². The first kappa shape index (κ1) is 14.4. The lowest BCUT2D eigenvalue weighted by Crippen LogP contribution is -2.03. The third-order valence-electron chi connectivity index (χ3n) is 2.89. The van der Waals surface area contributed by atoms with E-state index in [4.69, 9.17) is 16.3 Å². The van der Waals surface area contributed by atoms with Crippen LogP contribution in [-0.2, 0) is 6.42 Å². The zero-order chi connectivity index (χ0) is 13.8. The number of aliphatic hydroxyl groups is 1. The van der Waals surface area contributed by atoms with Gasteiger partial charge in [0.2, 0.25) is 0 Å². The third kappa shape index (κ3) is 3.72. The van der Waals surface area contributed by atoms with Gasteiger partial charge in [-0.2, -0.15) is 0 Å². The Hall–Kier alpha value is -1.03. The van der Waals surface area contributed by atoms with Gasteiger partial charge in [0.1, 0.15) is 5.75 Å². The lowest BCUT2D eigenvalue weighted by Gasteiger charge is -2.14. The summed E-state index contributed by atoms with van der Waals surface area (Å²) in [5.41, 5.74) is 1.75. The Morgan fingerprint density at radius 3 is 2.74 bits per heavy atom. The average Bonchev–Trinajstić information content (AvgIpc) is 2.39. The molecule has 0 aromatic heterocycles. The Labute approximate surface area is 126 Å². The van der Waals surface area contributed by atoms with Crippen molar-refractivity contribution in [2.45, 2.75) is 12.5 Å². The molecule has 0 aliphatic carbocycles. The van der Waals surface area contributed by atoms with E-state index in [1.54, 1.807) is 19.2 Å². The number of hydrogen-bond donors (Lipinski definition) is 1. The van der Waals surface area contributed by atoms with Crippen LogP contribution in [0.2, 0.25) is 5.02 Å². The van der Waals surface area contributed by atoms with Crippen molar-refractivity contribution in [3.63, 3.8) is 0 Å². The highest BCUT2D eigenvalue weighted by Gasteiger charge is 2.12. The van der Waals surface area contributed by atoms with Gasteiger partial charge in [-0.05, 0) is 41.5 Å². The first-order valence-electron chi connectivity index (χ1n) is 5.86. The summed E-state index contributed by atoms with van der Waals surface area (Å²) in [6, 6.07) is 13.0. The summed E-state index contributed by atoms with van der Waals surface area (Å²) in [5.74, 6) is 0.768. The van der Waals surface area contributed by atoms with Gasteiger partial charge in [0.05, 0.1) is 13.2 Å². The van der Waals surface area contributed by atoms with Gasteiger partial charge in [0.15, 0.2) is 0 Å². The summed E-state index contributed by atoms with van der Waals surface area (Å²) < 4.78 is 6.26. The number of methoxy groups -OCH3 is 1. The van der Waals surface area contributed by atoms with Crippen molar-refractivity contribution in [2.75, 3.05) is 7.11 Å². The van der Waals surface area contributed by atoms with Crippen LogP contribution in [0.3, 0.4) is 0 Å². The van der Waals surface area contributed by atoms with Crippen LogP contribution in [-0.4, -0.2) is 12.2 Å². The van der Waals surface area contributed by atoms with E-state index in [0.29, 0.717) is 11.4 Å². The third-order valence-corrected chi connectivity index (χ3v) is 3.62. The zero-order valence-corrected chi connectivity index (χ0v) is 12.8. The van der Waals surface area contributed by atoms with Crippen LogP contribution in [0.15, 0.2) is 46.9 Å². The maximum Gasteiger partial charge on any atom is 0.122 e. The molecule has 0 fully saturated rings. The van der Waals surface area contributed by atoms with Crippen molar-refractivity contribution in [1.29, 1.82) is 0 Å². The van der Waals surface area contributed by atoms with Crippen molar-refractivity contribution >= 4 is 27.5 Å². The molecule has 0 aliphatic rings. The van der Waals surface area contributed by atoms with Gasteiger partial charge in [-0.15, -0.1) is 0 Å². The first-order valence-corrected chi connectivity index (χ1v) is 7.03. The normalized spacial score (nSPS) is 12.2. The monoisotopic (exact) mass is 340 g/mol. The largest absolute Gasteiger partial charge is 0.496 e. The van der Waals surface area contributed by atoms with E-state index in [1.165, 1.54) is 0 Å². The number of ether oxygens (including phenoxy) is 1. The molecule has 0 spiro atoms. The van der Waals surface area contributed by atoms with Crippen molar-refractivity contribution in [3.05, 3.63) is 63.1 Å². The molecule has 2 aromatic rings. The molecule has 0 bridgehead atoms. The second-order valence-corrected chi connectivity index (χ2v) is 5.58. The highest BCUT2D eigenvalue weighted by Crippen LogP contribution is 2.28. The lowest BCUT2D eigenvalue weighted by atomic mass is 10.0. The molecule has 0 heterocycles. The van der Waals surface area contributed by atoms with Gasteiger partial charge in [-0.1, -0.05) is 39.7 Å². The minimum Gasteiger partial charge on any atom is -0.496 e. The summed E-state index contributed by atoms with van der Waals surface area (Å²) >= 11 is 9.36. The number of benzene rings is 2. The van der Waals surface area contributed by atoms with Crippen molar-refractivity contribution < 1.29 is 9.84 Å². The minimum absolute atomic E-state index is 0.475. The maximum absolute atomic E-state index is 10.3. The highest BCUT2D eigenvalue weighted by molar-refractivity contribution is 9.10. The highest BCUT2D eigenvalue weighted by atomic mass is 79.9. The summed E-state index contributed by atoms with van der Waals surface area (Å²) in [4.78, 5) is 0.